The van der Waals surface area contributed by atoms with Crippen molar-refractivity contribution < 1.29 is 78.6 Å². The summed E-state index contributed by atoms with van der Waals surface area (Å²) in [5.74, 6) is -7.83. The van der Waals surface area contributed by atoms with Crippen molar-refractivity contribution in [1.82, 2.24) is 0 Å². The number of carbonyl (C=O) groups is 4. The van der Waals surface area contributed by atoms with Crippen molar-refractivity contribution in [1.29, 1.82) is 0 Å². The Morgan fingerprint density at radius 3 is 1.38 bits per heavy atom. The molecule has 0 aromatic carbocycles. The molecular formula is C12H18NaO10P. The molecule has 4 N–H and O–H groups in total. The molecule has 132 valence electrons. The van der Waals surface area contributed by atoms with Gasteiger partial charge in [0.25, 0.3) is 0 Å². The molecule has 0 aromatic heterocycles. The van der Waals surface area contributed by atoms with Gasteiger partial charge in [0.15, 0.2) is 0 Å². The van der Waals surface area contributed by atoms with Gasteiger partial charge in [0.2, 0.25) is 7.37 Å². The summed E-state index contributed by atoms with van der Waals surface area (Å²) in [4.78, 5) is 55.2. The monoisotopic (exact) mass is 376 g/mol. The Balaban J connectivity index is 0. The van der Waals surface area contributed by atoms with E-state index < -0.39 is 53.4 Å². The predicted molar refractivity (Wildman–Crippen MR) is 72.9 cm³/mol. The fraction of sp³-hybridized carbons (Fsp3) is 0.667. The van der Waals surface area contributed by atoms with Crippen molar-refractivity contribution in [2.45, 2.75) is 39.0 Å². The Hall–Kier alpha value is -0.930. The van der Waals surface area contributed by atoms with E-state index >= 15 is 0 Å². The quantitative estimate of drug-likeness (QED) is 0.240. The van der Waals surface area contributed by atoms with Gasteiger partial charge >= 0.3 is 47.5 Å². The molecule has 0 aliphatic carbocycles. The van der Waals surface area contributed by atoms with Crippen molar-refractivity contribution in [3.8, 4) is 0 Å². The van der Waals surface area contributed by atoms with Crippen LogP contribution in [0, 0.1) is 10.8 Å². The molecule has 3 atom stereocenters. The molecule has 0 amide bonds. The van der Waals surface area contributed by atoms with Crippen LogP contribution >= 0.6 is 7.37 Å². The number of carbonyl (C=O) groups excluding carboxylic acids is 1. The molecule has 10 nitrogen and oxygen atoms in total. The van der Waals surface area contributed by atoms with Crippen LogP contribution in [-0.2, 0) is 23.7 Å². The second-order valence-corrected chi connectivity index (χ2v) is 8.57. The zero-order valence-corrected chi connectivity index (χ0v) is 16.7. The first-order valence-electron chi connectivity index (χ1n) is 6.25. The van der Waals surface area contributed by atoms with Crippen molar-refractivity contribution in [3.63, 3.8) is 0 Å². The number of rotatable bonds is 8. The molecule has 0 aliphatic rings. The molecule has 0 radical (unpaired) electrons. The summed E-state index contributed by atoms with van der Waals surface area (Å²) in [6.07, 6.45) is 0. The Kier molecular flexibility index (Phi) is 8.40. The van der Waals surface area contributed by atoms with Gasteiger partial charge in [-0.2, -0.15) is 0 Å². The normalized spacial score (nSPS) is 16.9. The molecular weight excluding hydrogens is 358 g/mol. The van der Waals surface area contributed by atoms with E-state index in [1.165, 1.54) is 0 Å². The van der Waals surface area contributed by atoms with Gasteiger partial charge < -0.3 is 30.1 Å². The third-order valence-electron chi connectivity index (χ3n) is 3.67. The van der Waals surface area contributed by atoms with Crippen LogP contribution in [0.3, 0.4) is 0 Å². The second-order valence-electron chi connectivity index (χ2n) is 6.19. The number of hydrogen-bond donors (Lipinski definition) is 4. The largest absolute Gasteiger partial charge is 1.00 e. The van der Waals surface area contributed by atoms with Gasteiger partial charge in [-0.05, 0) is 27.7 Å². The summed E-state index contributed by atoms with van der Waals surface area (Å²) in [6.45, 7) is 3.28. The second kappa shape index (κ2) is 7.97. The van der Waals surface area contributed by atoms with Gasteiger partial charge in [-0.3, -0.25) is 18.9 Å². The summed E-state index contributed by atoms with van der Waals surface area (Å²) in [6, 6.07) is 0. The zero-order valence-electron chi connectivity index (χ0n) is 13.8. The third kappa shape index (κ3) is 4.58. The SMILES string of the molecule is CC(C)(C(=O)O)C(C(=O)[O-])P(=O)(O)C(C(=O)O)C(C)(C)C(=O)O.[Na+]. The summed E-state index contributed by atoms with van der Waals surface area (Å²) < 4.78 is 12.6. The van der Waals surface area contributed by atoms with Gasteiger partial charge in [0.1, 0.15) is 5.66 Å². The molecule has 3 unspecified atom stereocenters. The van der Waals surface area contributed by atoms with E-state index in [0.717, 1.165) is 27.7 Å². The van der Waals surface area contributed by atoms with E-state index in [2.05, 4.69) is 0 Å². The van der Waals surface area contributed by atoms with Crippen LogP contribution in [0.5, 0.6) is 0 Å². The minimum absolute atomic E-state index is 0. The molecule has 12 heteroatoms. The van der Waals surface area contributed by atoms with Gasteiger partial charge in [-0.25, -0.2) is 0 Å². The predicted octanol–water partition coefficient (Wildman–Crippen LogP) is -3.95. The summed E-state index contributed by atoms with van der Waals surface area (Å²) >= 11 is 0. The first kappa shape index (κ1) is 25.3. The maximum absolute atomic E-state index is 12.6. The van der Waals surface area contributed by atoms with Gasteiger partial charge in [0, 0.05) is 0 Å². The van der Waals surface area contributed by atoms with Crippen molar-refractivity contribution in [2.75, 3.05) is 0 Å². The smallest absolute Gasteiger partial charge is 0.549 e. The van der Waals surface area contributed by atoms with Crippen LogP contribution in [0.1, 0.15) is 27.7 Å². The fourth-order valence-electron chi connectivity index (χ4n) is 2.22. The molecule has 0 aliphatic heterocycles. The summed E-state index contributed by atoms with van der Waals surface area (Å²) in [5, 5.41) is 38.6. The fourth-order valence-corrected chi connectivity index (χ4v) is 5.21. The Labute approximate surface area is 159 Å². The molecule has 0 saturated heterocycles. The van der Waals surface area contributed by atoms with Crippen LogP contribution in [-0.4, -0.2) is 55.4 Å². The minimum atomic E-state index is -5.40. The van der Waals surface area contributed by atoms with Crippen LogP contribution in [0.2, 0.25) is 0 Å². The average Bonchev–Trinajstić information content (AvgIpc) is 2.24. The first-order valence-corrected chi connectivity index (χ1v) is 8.04. The van der Waals surface area contributed by atoms with E-state index in [9.17, 15) is 38.8 Å². The summed E-state index contributed by atoms with van der Waals surface area (Å²) in [5.41, 5.74) is -9.87. The van der Waals surface area contributed by atoms with Gasteiger partial charge in [0.05, 0.1) is 22.5 Å². The van der Waals surface area contributed by atoms with Gasteiger partial charge in [-0.15, -0.1) is 0 Å². The molecule has 0 saturated carbocycles. The number of hydrogen-bond acceptors (Lipinski definition) is 6. The van der Waals surface area contributed by atoms with E-state index in [-0.39, 0.29) is 29.6 Å². The molecule has 0 rings (SSSR count). The zero-order chi connectivity index (χ0) is 19.0. The molecule has 0 bridgehead atoms. The van der Waals surface area contributed by atoms with E-state index in [1.807, 2.05) is 0 Å². The molecule has 0 fully saturated rings. The van der Waals surface area contributed by atoms with E-state index in [0.29, 0.717) is 0 Å². The standard InChI is InChI=1S/C12H19O10P.Na/c1-11(2,9(17)18)5(7(13)14)23(21,22)6(8(15)16)12(3,4)10(19)20;/h5-6H,1-4H3,(H,13,14)(H,15,16)(H,17,18)(H,19,20)(H,21,22);/q;+1/p-1. The van der Waals surface area contributed by atoms with Crippen LogP contribution < -0.4 is 34.7 Å². The van der Waals surface area contributed by atoms with Crippen LogP contribution in [0.25, 0.3) is 0 Å². The minimum Gasteiger partial charge on any atom is -0.549 e. The Morgan fingerprint density at radius 1 is 0.875 bits per heavy atom. The van der Waals surface area contributed by atoms with Crippen molar-refractivity contribution >= 4 is 31.2 Å². The van der Waals surface area contributed by atoms with Crippen LogP contribution in [0.4, 0.5) is 0 Å². The van der Waals surface area contributed by atoms with Crippen LogP contribution in [0.15, 0.2) is 0 Å². The number of carboxylic acid groups (broad SMARTS) is 4. The average molecular weight is 376 g/mol. The first-order chi connectivity index (χ1) is 10.0. The van der Waals surface area contributed by atoms with Crippen molar-refractivity contribution in [2.24, 2.45) is 10.8 Å². The topological polar surface area (TPSA) is 189 Å². The third-order valence-corrected chi connectivity index (χ3v) is 6.87. The summed E-state index contributed by atoms with van der Waals surface area (Å²) in [7, 11) is -5.40. The Bertz CT molecular complexity index is 549. The van der Waals surface area contributed by atoms with E-state index in [1.54, 1.807) is 0 Å². The van der Waals surface area contributed by atoms with E-state index in [4.69, 9.17) is 10.2 Å². The molecule has 0 aromatic rings. The maximum atomic E-state index is 12.6. The molecule has 0 spiro atoms. The Morgan fingerprint density at radius 2 is 1.17 bits per heavy atom. The molecule has 0 heterocycles. The number of aliphatic carboxylic acids is 4. The molecule has 24 heavy (non-hydrogen) atoms. The maximum Gasteiger partial charge on any atom is 1.00 e. The number of carboxylic acids is 4. The van der Waals surface area contributed by atoms with Crippen molar-refractivity contribution in [3.05, 3.63) is 0 Å². The van der Waals surface area contributed by atoms with Gasteiger partial charge in [-0.1, -0.05) is 0 Å².